The zero-order valence-corrected chi connectivity index (χ0v) is 14.8. The first kappa shape index (κ1) is 17.7. The Labute approximate surface area is 155 Å². The Morgan fingerprint density at radius 2 is 2.04 bits per heavy atom. The molecule has 0 aliphatic rings. The summed E-state index contributed by atoms with van der Waals surface area (Å²) in [6.07, 6.45) is 1.47. The number of aromatic nitrogens is 1. The fourth-order valence-corrected chi connectivity index (χ4v) is 2.51. The Bertz CT molecular complexity index is 945. The molecule has 26 heavy (non-hydrogen) atoms. The lowest BCUT2D eigenvalue weighted by Crippen LogP contribution is -2.25. The average Bonchev–Trinajstić information content (AvgIpc) is 2.67. The molecule has 6 nitrogen and oxygen atoms in total. The molecule has 0 bridgehead atoms. The molecule has 0 spiro atoms. The lowest BCUT2D eigenvalue weighted by atomic mass is 10.1. The first-order valence-electron chi connectivity index (χ1n) is 7.91. The van der Waals surface area contributed by atoms with Gasteiger partial charge in [0.25, 0.3) is 5.91 Å². The van der Waals surface area contributed by atoms with Crippen LogP contribution in [-0.4, -0.2) is 30.8 Å². The average molecular weight is 369 g/mol. The van der Waals surface area contributed by atoms with E-state index in [1.807, 2.05) is 54.6 Å². The summed E-state index contributed by atoms with van der Waals surface area (Å²) in [5, 5.41) is 8.12. The molecule has 3 aromatic rings. The zero-order valence-electron chi connectivity index (χ0n) is 14.1. The number of carbonyl (C=O) groups excluding carboxylic acids is 1. The number of para-hydroxylation sites is 1. The van der Waals surface area contributed by atoms with Crippen molar-refractivity contribution in [1.82, 2.24) is 10.4 Å². The van der Waals surface area contributed by atoms with Gasteiger partial charge in [0.1, 0.15) is 10.9 Å². The standard InChI is InChI=1S/C19H17ClN4O2/c1-26-16-7-8-17-13(10-16)9-14(19(20)23-17)11-22-24-18(25)12-21-15-5-3-2-4-6-15/h2-11,21H,12H2,1H3,(H,24,25)/b22-11-. The van der Waals surface area contributed by atoms with E-state index in [4.69, 9.17) is 16.3 Å². The number of hydrogen-bond donors (Lipinski definition) is 2. The minimum atomic E-state index is -0.267. The van der Waals surface area contributed by atoms with E-state index < -0.39 is 0 Å². The van der Waals surface area contributed by atoms with Gasteiger partial charge in [-0.15, -0.1) is 0 Å². The molecule has 2 aromatic carbocycles. The topological polar surface area (TPSA) is 75.6 Å². The summed E-state index contributed by atoms with van der Waals surface area (Å²) < 4.78 is 5.21. The molecular weight excluding hydrogens is 352 g/mol. The number of benzene rings is 2. The van der Waals surface area contributed by atoms with E-state index in [1.54, 1.807) is 7.11 Å². The van der Waals surface area contributed by atoms with Gasteiger partial charge in [0.15, 0.2) is 0 Å². The normalized spacial score (nSPS) is 10.8. The maximum absolute atomic E-state index is 11.8. The van der Waals surface area contributed by atoms with Crippen LogP contribution in [0.1, 0.15) is 5.56 Å². The van der Waals surface area contributed by atoms with Crippen LogP contribution >= 0.6 is 11.6 Å². The number of ether oxygens (including phenoxy) is 1. The van der Waals surface area contributed by atoms with Crippen molar-refractivity contribution in [3.8, 4) is 5.75 Å². The number of carbonyl (C=O) groups is 1. The van der Waals surface area contributed by atoms with Crippen LogP contribution in [0.25, 0.3) is 10.9 Å². The van der Waals surface area contributed by atoms with Crippen LogP contribution in [0.3, 0.4) is 0 Å². The number of hydrazone groups is 1. The summed E-state index contributed by atoms with van der Waals surface area (Å²) in [7, 11) is 1.60. The fourth-order valence-electron chi connectivity index (χ4n) is 2.32. The molecule has 2 N–H and O–H groups in total. The van der Waals surface area contributed by atoms with Crippen LogP contribution in [-0.2, 0) is 4.79 Å². The number of anilines is 1. The van der Waals surface area contributed by atoms with Crippen molar-refractivity contribution in [2.24, 2.45) is 5.10 Å². The number of hydrogen-bond acceptors (Lipinski definition) is 5. The molecule has 0 atom stereocenters. The van der Waals surface area contributed by atoms with Crippen LogP contribution in [0, 0.1) is 0 Å². The third kappa shape index (κ3) is 4.49. The number of pyridine rings is 1. The lowest BCUT2D eigenvalue weighted by molar-refractivity contribution is -0.119. The van der Waals surface area contributed by atoms with Crippen molar-refractivity contribution in [1.29, 1.82) is 0 Å². The van der Waals surface area contributed by atoms with E-state index in [2.05, 4.69) is 20.8 Å². The Morgan fingerprint density at radius 1 is 1.23 bits per heavy atom. The number of amides is 1. The van der Waals surface area contributed by atoms with Gasteiger partial charge in [-0.3, -0.25) is 4.79 Å². The highest BCUT2D eigenvalue weighted by molar-refractivity contribution is 6.32. The van der Waals surface area contributed by atoms with Gasteiger partial charge in [0.05, 0.1) is 25.4 Å². The van der Waals surface area contributed by atoms with Crippen molar-refractivity contribution in [3.63, 3.8) is 0 Å². The molecule has 1 aromatic heterocycles. The third-order valence-electron chi connectivity index (χ3n) is 3.62. The van der Waals surface area contributed by atoms with Crippen molar-refractivity contribution >= 4 is 40.3 Å². The van der Waals surface area contributed by atoms with Crippen LogP contribution in [0.2, 0.25) is 5.15 Å². The van der Waals surface area contributed by atoms with E-state index in [9.17, 15) is 4.79 Å². The molecule has 3 rings (SSSR count). The van der Waals surface area contributed by atoms with Gasteiger partial charge in [-0.2, -0.15) is 5.10 Å². The van der Waals surface area contributed by atoms with Gasteiger partial charge in [0, 0.05) is 16.6 Å². The zero-order chi connectivity index (χ0) is 18.4. The van der Waals surface area contributed by atoms with E-state index in [0.29, 0.717) is 10.7 Å². The Balaban J connectivity index is 1.64. The fraction of sp³-hybridized carbons (Fsp3) is 0.105. The van der Waals surface area contributed by atoms with Gasteiger partial charge in [-0.25, -0.2) is 10.4 Å². The summed E-state index contributed by atoms with van der Waals surface area (Å²) in [5.41, 5.74) is 4.67. The van der Waals surface area contributed by atoms with Crippen molar-refractivity contribution < 1.29 is 9.53 Å². The van der Waals surface area contributed by atoms with Crippen molar-refractivity contribution in [3.05, 3.63) is 65.3 Å². The minimum absolute atomic E-state index is 0.113. The van der Waals surface area contributed by atoms with Gasteiger partial charge >= 0.3 is 0 Å². The summed E-state index contributed by atoms with van der Waals surface area (Å²) in [4.78, 5) is 16.2. The third-order valence-corrected chi connectivity index (χ3v) is 3.92. The van der Waals surface area contributed by atoms with E-state index in [-0.39, 0.29) is 12.5 Å². The second kappa shape index (κ2) is 8.31. The minimum Gasteiger partial charge on any atom is -0.497 e. The smallest absolute Gasteiger partial charge is 0.259 e. The molecule has 0 fully saturated rings. The molecule has 0 unspecified atom stereocenters. The summed E-state index contributed by atoms with van der Waals surface area (Å²) in [5.74, 6) is 0.460. The highest BCUT2D eigenvalue weighted by Crippen LogP contribution is 2.23. The number of methoxy groups -OCH3 is 1. The van der Waals surface area contributed by atoms with E-state index in [1.165, 1.54) is 6.21 Å². The quantitative estimate of drug-likeness (QED) is 0.397. The largest absolute Gasteiger partial charge is 0.497 e. The molecular formula is C19H17ClN4O2. The van der Waals surface area contributed by atoms with Crippen LogP contribution in [0.5, 0.6) is 5.75 Å². The molecule has 0 saturated carbocycles. The van der Waals surface area contributed by atoms with Gasteiger partial charge in [-0.05, 0) is 36.4 Å². The predicted molar refractivity (Wildman–Crippen MR) is 104 cm³/mol. The monoisotopic (exact) mass is 368 g/mol. The molecule has 0 aliphatic heterocycles. The highest BCUT2D eigenvalue weighted by Gasteiger charge is 2.05. The molecule has 7 heteroatoms. The van der Waals surface area contributed by atoms with Crippen molar-refractivity contribution in [2.45, 2.75) is 0 Å². The summed E-state index contributed by atoms with van der Waals surface area (Å²) in [6.45, 7) is 0.113. The number of halogens is 1. The van der Waals surface area contributed by atoms with Crippen LogP contribution in [0.4, 0.5) is 5.69 Å². The Morgan fingerprint density at radius 3 is 2.81 bits per heavy atom. The van der Waals surface area contributed by atoms with E-state index >= 15 is 0 Å². The lowest BCUT2D eigenvalue weighted by Gasteiger charge is -2.05. The van der Waals surface area contributed by atoms with Crippen molar-refractivity contribution in [2.75, 3.05) is 19.0 Å². The van der Waals surface area contributed by atoms with Crippen LogP contribution in [0.15, 0.2) is 59.7 Å². The SMILES string of the molecule is COc1ccc2nc(Cl)c(/C=N\NC(=O)CNc3ccccc3)cc2c1. The van der Waals surface area contributed by atoms with E-state index in [0.717, 1.165) is 22.3 Å². The molecule has 1 heterocycles. The molecule has 0 aliphatic carbocycles. The Hall–Kier alpha value is -3.12. The summed E-state index contributed by atoms with van der Waals surface area (Å²) in [6, 6.07) is 16.8. The molecule has 1 amide bonds. The second-order valence-electron chi connectivity index (χ2n) is 5.44. The highest BCUT2D eigenvalue weighted by atomic mass is 35.5. The number of nitrogens with zero attached hydrogens (tertiary/aromatic N) is 2. The van der Waals surface area contributed by atoms with Crippen LogP contribution < -0.4 is 15.5 Å². The summed E-state index contributed by atoms with van der Waals surface area (Å²) >= 11 is 6.17. The van der Waals surface area contributed by atoms with Gasteiger partial charge < -0.3 is 10.1 Å². The maximum Gasteiger partial charge on any atom is 0.259 e. The Kier molecular flexibility index (Phi) is 5.66. The predicted octanol–water partition coefficient (Wildman–Crippen LogP) is 3.46. The molecule has 0 saturated heterocycles. The molecule has 132 valence electrons. The first-order chi connectivity index (χ1) is 12.7. The number of rotatable bonds is 6. The number of nitrogens with one attached hydrogen (secondary N) is 2. The molecule has 0 radical (unpaired) electrons. The maximum atomic E-state index is 11.8. The second-order valence-corrected chi connectivity index (χ2v) is 5.80. The first-order valence-corrected chi connectivity index (χ1v) is 8.28. The van der Waals surface area contributed by atoms with Gasteiger partial charge in [-0.1, -0.05) is 29.8 Å². The van der Waals surface area contributed by atoms with Gasteiger partial charge in [0.2, 0.25) is 0 Å². The number of fused-ring (bicyclic) bond motifs is 1.